The van der Waals surface area contributed by atoms with Crippen molar-refractivity contribution in [2.75, 3.05) is 0 Å². The van der Waals surface area contributed by atoms with Gasteiger partial charge in [0.2, 0.25) is 0 Å². The van der Waals surface area contributed by atoms with E-state index in [1.807, 2.05) is 6.07 Å². The van der Waals surface area contributed by atoms with Crippen LogP contribution in [0.1, 0.15) is 99.0 Å². The van der Waals surface area contributed by atoms with Crippen LogP contribution in [0.15, 0.2) is 42.5 Å². The monoisotopic (exact) mass is 392 g/mol. The first-order valence-electron chi connectivity index (χ1n) is 11.6. The lowest BCUT2D eigenvalue weighted by atomic mass is 9.74. The van der Waals surface area contributed by atoms with Gasteiger partial charge in [-0.05, 0) is 72.3 Å². The van der Waals surface area contributed by atoms with Gasteiger partial charge in [-0.2, -0.15) is 0 Å². The van der Waals surface area contributed by atoms with Crippen LogP contribution in [0.25, 0.3) is 11.1 Å². The van der Waals surface area contributed by atoms with E-state index in [0.717, 1.165) is 48.3 Å². The van der Waals surface area contributed by atoms with Crippen molar-refractivity contribution in [1.29, 1.82) is 0 Å². The highest BCUT2D eigenvalue weighted by atomic mass is 16.4. The van der Waals surface area contributed by atoms with E-state index in [9.17, 15) is 9.90 Å². The minimum atomic E-state index is -0.797. The summed E-state index contributed by atoms with van der Waals surface area (Å²) >= 11 is 0. The Labute approximate surface area is 176 Å². The first kappa shape index (κ1) is 21.6. The van der Waals surface area contributed by atoms with Crippen LogP contribution in [0, 0.1) is 5.92 Å². The zero-order chi connectivity index (χ0) is 20.6. The van der Waals surface area contributed by atoms with Gasteiger partial charge in [-0.25, -0.2) is 4.79 Å². The molecular weight excluding hydrogens is 356 g/mol. The predicted molar refractivity (Wildman–Crippen MR) is 122 cm³/mol. The van der Waals surface area contributed by atoms with Crippen LogP contribution < -0.4 is 0 Å². The molecule has 29 heavy (non-hydrogen) atoms. The van der Waals surface area contributed by atoms with E-state index in [0.29, 0.717) is 11.5 Å². The van der Waals surface area contributed by atoms with Crippen molar-refractivity contribution in [2.45, 2.75) is 84.0 Å². The topological polar surface area (TPSA) is 37.3 Å². The molecule has 0 amide bonds. The number of carboxylic acids is 1. The van der Waals surface area contributed by atoms with E-state index in [2.05, 4.69) is 44.2 Å². The van der Waals surface area contributed by atoms with Gasteiger partial charge in [0, 0.05) is 0 Å². The Bertz CT molecular complexity index is 783. The highest BCUT2D eigenvalue weighted by Gasteiger charge is 2.27. The maximum Gasteiger partial charge on any atom is 0.335 e. The summed E-state index contributed by atoms with van der Waals surface area (Å²) in [6.45, 7) is 4.46. The number of hydrogen-bond donors (Lipinski definition) is 1. The molecule has 2 aromatic carbocycles. The molecule has 0 bridgehead atoms. The lowest BCUT2D eigenvalue weighted by Gasteiger charge is -2.31. The zero-order valence-corrected chi connectivity index (χ0v) is 18.1. The van der Waals surface area contributed by atoms with Gasteiger partial charge in [0.15, 0.2) is 0 Å². The van der Waals surface area contributed by atoms with E-state index < -0.39 is 5.97 Å². The SMILES string of the molecule is CCCCCC1CCC(c2c(C(=O)O)cccc2-c2ccc(CCC)cc2)CC1. The molecule has 2 heteroatoms. The van der Waals surface area contributed by atoms with Crippen LogP contribution >= 0.6 is 0 Å². The van der Waals surface area contributed by atoms with Crippen LogP contribution in [0.3, 0.4) is 0 Å². The quantitative estimate of drug-likeness (QED) is 0.441. The van der Waals surface area contributed by atoms with E-state index in [-0.39, 0.29) is 0 Å². The second-order valence-corrected chi connectivity index (χ2v) is 8.73. The lowest BCUT2D eigenvalue weighted by Crippen LogP contribution is -2.17. The van der Waals surface area contributed by atoms with E-state index in [1.54, 1.807) is 6.07 Å². The third kappa shape index (κ3) is 5.50. The van der Waals surface area contributed by atoms with Gasteiger partial charge < -0.3 is 5.11 Å². The maximum absolute atomic E-state index is 12.0. The highest BCUT2D eigenvalue weighted by molar-refractivity contribution is 5.92. The molecule has 0 aromatic heterocycles. The van der Waals surface area contributed by atoms with E-state index in [1.165, 1.54) is 44.1 Å². The summed E-state index contributed by atoms with van der Waals surface area (Å²) in [6, 6.07) is 14.5. The van der Waals surface area contributed by atoms with Crippen molar-refractivity contribution in [3.63, 3.8) is 0 Å². The van der Waals surface area contributed by atoms with Crippen molar-refractivity contribution in [3.05, 3.63) is 59.2 Å². The molecule has 0 spiro atoms. The van der Waals surface area contributed by atoms with E-state index in [4.69, 9.17) is 0 Å². The van der Waals surface area contributed by atoms with Crippen molar-refractivity contribution in [3.8, 4) is 11.1 Å². The summed E-state index contributed by atoms with van der Waals surface area (Å²) in [4.78, 5) is 12.0. The summed E-state index contributed by atoms with van der Waals surface area (Å²) in [5, 5.41) is 9.88. The molecule has 1 fully saturated rings. The molecule has 3 rings (SSSR count). The normalized spacial score (nSPS) is 19.2. The fraction of sp³-hybridized carbons (Fsp3) is 0.519. The molecule has 0 heterocycles. The van der Waals surface area contributed by atoms with Crippen molar-refractivity contribution in [1.82, 2.24) is 0 Å². The Balaban J connectivity index is 1.84. The largest absolute Gasteiger partial charge is 0.478 e. The molecule has 0 aliphatic heterocycles. The predicted octanol–water partition coefficient (Wildman–Crippen LogP) is 7.86. The van der Waals surface area contributed by atoms with Crippen LogP contribution in [0.5, 0.6) is 0 Å². The Hall–Kier alpha value is -2.09. The first-order valence-corrected chi connectivity index (χ1v) is 11.6. The number of hydrogen-bond acceptors (Lipinski definition) is 1. The van der Waals surface area contributed by atoms with Crippen LogP contribution in [-0.2, 0) is 6.42 Å². The summed E-state index contributed by atoms with van der Waals surface area (Å²) in [7, 11) is 0. The average molecular weight is 393 g/mol. The minimum absolute atomic E-state index is 0.357. The van der Waals surface area contributed by atoms with Crippen molar-refractivity contribution in [2.24, 2.45) is 5.92 Å². The van der Waals surface area contributed by atoms with Gasteiger partial charge in [-0.1, -0.05) is 82.3 Å². The van der Waals surface area contributed by atoms with Crippen molar-refractivity contribution < 1.29 is 9.90 Å². The van der Waals surface area contributed by atoms with Gasteiger partial charge in [0.25, 0.3) is 0 Å². The minimum Gasteiger partial charge on any atom is -0.478 e. The molecule has 0 saturated heterocycles. The Morgan fingerprint density at radius 3 is 2.28 bits per heavy atom. The van der Waals surface area contributed by atoms with Gasteiger partial charge in [-0.3, -0.25) is 0 Å². The second-order valence-electron chi connectivity index (χ2n) is 8.73. The van der Waals surface area contributed by atoms with Gasteiger partial charge in [0.05, 0.1) is 5.56 Å². The molecule has 1 aliphatic carbocycles. The molecule has 0 unspecified atom stereocenters. The molecular formula is C27H36O2. The van der Waals surface area contributed by atoms with Crippen LogP contribution in [0.4, 0.5) is 0 Å². The number of unbranched alkanes of at least 4 members (excludes halogenated alkanes) is 2. The fourth-order valence-electron chi connectivity index (χ4n) is 5.01. The number of carbonyl (C=O) groups is 1. The smallest absolute Gasteiger partial charge is 0.335 e. The molecule has 0 radical (unpaired) electrons. The molecule has 156 valence electrons. The number of benzene rings is 2. The average Bonchev–Trinajstić information content (AvgIpc) is 2.75. The van der Waals surface area contributed by atoms with Gasteiger partial charge in [-0.15, -0.1) is 0 Å². The third-order valence-electron chi connectivity index (χ3n) is 6.61. The van der Waals surface area contributed by atoms with Crippen LogP contribution in [0.2, 0.25) is 0 Å². The second kappa shape index (κ2) is 10.6. The lowest BCUT2D eigenvalue weighted by molar-refractivity contribution is 0.0694. The van der Waals surface area contributed by atoms with Crippen LogP contribution in [-0.4, -0.2) is 11.1 Å². The summed E-state index contributed by atoms with van der Waals surface area (Å²) in [5.74, 6) is 0.385. The van der Waals surface area contributed by atoms with Crippen molar-refractivity contribution >= 4 is 5.97 Å². The number of aryl methyl sites for hydroxylation is 1. The molecule has 1 saturated carbocycles. The Morgan fingerprint density at radius 1 is 0.931 bits per heavy atom. The Kier molecular flexibility index (Phi) is 7.91. The number of carboxylic acid groups (broad SMARTS) is 1. The fourth-order valence-corrected chi connectivity index (χ4v) is 5.01. The summed E-state index contributed by atoms with van der Waals surface area (Å²) < 4.78 is 0. The summed E-state index contributed by atoms with van der Waals surface area (Å²) in [5.41, 5.74) is 5.17. The van der Waals surface area contributed by atoms with Gasteiger partial charge >= 0.3 is 5.97 Å². The third-order valence-corrected chi connectivity index (χ3v) is 6.61. The molecule has 1 aliphatic rings. The Morgan fingerprint density at radius 2 is 1.66 bits per heavy atom. The first-order chi connectivity index (χ1) is 14.1. The molecule has 1 N–H and O–H groups in total. The molecule has 2 nitrogen and oxygen atoms in total. The number of aromatic carboxylic acids is 1. The standard InChI is InChI=1S/C27H36O2/c1-3-5-6-9-21-14-18-23(19-15-21)26-24(10-7-11-25(26)27(28)29)22-16-12-20(8-4-2)13-17-22/h7,10-13,16-17,21,23H,3-6,8-9,14-15,18-19H2,1-2H3,(H,28,29). The zero-order valence-electron chi connectivity index (χ0n) is 18.1. The molecule has 2 aromatic rings. The molecule has 0 atom stereocenters. The summed E-state index contributed by atoms with van der Waals surface area (Å²) in [6.07, 6.45) is 12.2. The van der Waals surface area contributed by atoms with E-state index >= 15 is 0 Å². The highest BCUT2D eigenvalue weighted by Crippen LogP contribution is 2.43. The van der Waals surface area contributed by atoms with Gasteiger partial charge in [0.1, 0.15) is 0 Å². The number of rotatable bonds is 9. The maximum atomic E-state index is 12.0.